The van der Waals surface area contributed by atoms with Crippen LogP contribution in [0.5, 0.6) is 5.75 Å². The van der Waals surface area contributed by atoms with Gasteiger partial charge in [0.1, 0.15) is 11.5 Å². The number of carbonyl (C=O) groups excluding carboxylic acids is 3. The van der Waals surface area contributed by atoms with Crippen LogP contribution in [0.2, 0.25) is 0 Å². The summed E-state index contributed by atoms with van der Waals surface area (Å²) in [4.78, 5) is 44.9. The zero-order chi connectivity index (χ0) is 27.6. The summed E-state index contributed by atoms with van der Waals surface area (Å²) < 4.78 is 10.8. The monoisotopic (exact) mass is 514 g/mol. The van der Waals surface area contributed by atoms with Crippen molar-refractivity contribution < 1.29 is 29.0 Å². The van der Waals surface area contributed by atoms with E-state index in [1.54, 1.807) is 81.9 Å². The summed E-state index contributed by atoms with van der Waals surface area (Å²) in [5, 5.41) is 11.5. The van der Waals surface area contributed by atoms with Crippen LogP contribution in [0, 0.1) is 0 Å². The van der Waals surface area contributed by atoms with Crippen LogP contribution in [-0.4, -0.2) is 41.0 Å². The molecule has 0 bridgehead atoms. The molecule has 2 aromatic carbocycles. The second-order valence-corrected chi connectivity index (χ2v) is 9.57. The van der Waals surface area contributed by atoms with Crippen LogP contribution in [0.3, 0.4) is 0 Å². The standard InChI is InChI=1S/C30H30N2O6/c1-17(2)23-15-19(11-12-24(23)37-5)27(33)25-26(21-9-7-13-31-16-21)32(29(35)28(25)34)22-10-6-8-20(14-22)30(36)38-18(3)4/h6-18,26,33H,1-5H3/b27-25-. The molecule has 1 saturated heterocycles. The van der Waals surface area contributed by atoms with Crippen LogP contribution < -0.4 is 9.64 Å². The maximum atomic E-state index is 13.4. The average Bonchev–Trinajstić information content (AvgIpc) is 3.18. The van der Waals surface area contributed by atoms with Gasteiger partial charge in [-0.1, -0.05) is 26.0 Å². The van der Waals surface area contributed by atoms with Crippen LogP contribution in [0.25, 0.3) is 5.76 Å². The SMILES string of the molecule is COc1ccc(/C(O)=C2/C(=O)C(=O)N(c3cccc(C(=O)OC(C)C)c3)C2c2cccnc2)cc1C(C)C. The van der Waals surface area contributed by atoms with E-state index in [-0.39, 0.29) is 28.9 Å². The van der Waals surface area contributed by atoms with Gasteiger partial charge in [-0.15, -0.1) is 0 Å². The number of hydrogen-bond acceptors (Lipinski definition) is 7. The number of Topliss-reactive ketones (excluding diaryl/α,β-unsaturated/α-hetero) is 1. The summed E-state index contributed by atoms with van der Waals surface area (Å²) in [5.74, 6) is -1.77. The minimum absolute atomic E-state index is 0.0713. The van der Waals surface area contributed by atoms with Crippen molar-refractivity contribution in [1.29, 1.82) is 0 Å². The highest BCUT2D eigenvalue weighted by Crippen LogP contribution is 2.42. The minimum Gasteiger partial charge on any atom is -0.507 e. The quantitative estimate of drug-likeness (QED) is 0.195. The molecule has 38 heavy (non-hydrogen) atoms. The highest BCUT2D eigenvalue weighted by atomic mass is 16.5. The van der Waals surface area contributed by atoms with Gasteiger partial charge in [0.25, 0.3) is 11.7 Å². The molecule has 2 heterocycles. The molecule has 3 aromatic rings. The molecule has 1 unspecified atom stereocenters. The predicted octanol–water partition coefficient (Wildman–Crippen LogP) is 5.41. The first kappa shape index (κ1) is 26.6. The highest BCUT2D eigenvalue weighted by Gasteiger charge is 2.47. The number of methoxy groups -OCH3 is 1. The number of aliphatic hydroxyl groups excluding tert-OH is 1. The summed E-state index contributed by atoms with van der Waals surface area (Å²) >= 11 is 0. The lowest BCUT2D eigenvalue weighted by atomic mass is 9.93. The lowest BCUT2D eigenvalue weighted by Gasteiger charge is -2.25. The molecule has 1 aromatic heterocycles. The zero-order valence-electron chi connectivity index (χ0n) is 22.0. The summed E-state index contributed by atoms with van der Waals surface area (Å²) in [6.45, 7) is 7.47. The highest BCUT2D eigenvalue weighted by molar-refractivity contribution is 6.51. The fraction of sp³-hybridized carbons (Fsp3) is 0.267. The molecule has 1 amide bonds. The first-order valence-corrected chi connectivity index (χ1v) is 12.3. The molecule has 4 rings (SSSR count). The largest absolute Gasteiger partial charge is 0.507 e. The van der Waals surface area contributed by atoms with Gasteiger partial charge in [-0.2, -0.15) is 0 Å². The molecule has 1 aliphatic rings. The number of rotatable bonds is 7. The van der Waals surface area contributed by atoms with Gasteiger partial charge in [0.2, 0.25) is 0 Å². The smallest absolute Gasteiger partial charge is 0.338 e. The van der Waals surface area contributed by atoms with E-state index in [9.17, 15) is 19.5 Å². The number of hydrogen-bond donors (Lipinski definition) is 1. The summed E-state index contributed by atoms with van der Waals surface area (Å²) in [6, 6.07) is 13.9. The van der Waals surface area contributed by atoms with Gasteiger partial charge < -0.3 is 14.6 Å². The van der Waals surface area contributed by atoms with E-state index in [0.717, 1.165) is 5.56 Å². The van der Waals surface area contributed by atoms with E-state index in [1.165, 1.54) is 11.0 Å². The molecule has 1 N–H and O–H groups in total. The number of pyridine rings is 1. The number of aromatic nitrogens is 1. The number of amides is 1. The summed E-state index contributed by atoms with van der Waals surface area (Å²) in [7, 11) is 1.57. The van der Waals surface area contributed by atoms with Gasteiger partial charge in [0, 0.05) is 23.6 Å². The Bertz CT molecular complexity index is 1410. The van der Waals surface area contributed by atoms with Crippen molar-refractivity contribution in [2.45, 2.75) is 45.8 Å². The molecular weight excluding hydrogens is 484 g/mol. The summed E-state index contributed by atoms with van der Waals surface area (Å²) in [5.41, 5.74) is 2.24. The van der Waals surface area contributed by atoms with Crippen molar-refractivity contribution in [3.8, 4) is 5.75 Å². The minimum atomic E-state index is -0.968. The fourth-order valence-electron chi connectivity index (χ4n) is 4.51. The van der Waals surface area contributed by atoms with E-state index in [4.69, 9.17) is 9.47 Å². The molecule has 0 saturated carbocycles. The van der Waals surface area contributed by atoms with E-state index < -0.39 is 23.7 Å². The van der Waals surface area contributed by atoms with E-state index in [2.05, 4.69) is 4.98 Å². The predicted molar refractivity (Wildman–Crippen MR) is 143 cm³/mol. The Morgan fingerprint density at radius 1 is 1.00 bits per heavy atom. The van der Waals surface area contributed by atoms with Crippen molar-refractivity contribution in [3.05, 3.63) is 94.8 Å². The van der Waals surface area contributed by atoms with Gasteiger partial charge in [-0.3, -0.25) is 19.5 Å². The number of esters is 1. The third kappa shape index (κ3) is 5.02. The summed E-state index contributed by atoms with van der Waals surface area (Å²) in [6.07, 6.45) is 2.80. The average molecular weight is 515 g/mol. The Hall–Kier alpha value is -4.46. The van der Waals surface area contributed by atoms with Crippen LogP contribution in [0.4, 0.5) is 5.69 Å². The number of anilines is 1. The third-order valence-electron chi connectivity index (χ3n) is 6.27. The maximum Gasteiger partial charge on any atom is 0.338 e. The lowest BCUT2D eigenvalue weighted by Crippen LogP contribution is -2.29. The van der Waals surface area contributed by atoms with E-state index >= 15 is 0 Å². The molecule has 0 spiro atoms. The molecule has 0 radical (unpaired) electrons. The van der Waals surface area contributed by atoms with Gasteiger partial charge in [0.05, 0.1) is 30.4 Å². The first-order valence-electron chi connectivity index (χ1n) is 12.3. The molecule has 8 heteroatoms. The number of carbonyl (C=O) groups is 3. The molecule has 8 nitrogen and oxygen atoms in total. The first-order chi connectivity index (χ1) is 18.1. The van der Waals surface area contributed by atoms with Gasteiger partial charge in [-0.05, 0) is 73.4 Å². The fourth-order valence-corrected chi connectivity index (χ4v) is 4.51. The lowest BCUT2D eigenvalue weighted by molar-refractivity contribution is -0.132. The number of ketones is 1. The zero-order valence-corrected chi connectivity index (χ0v) is 22.0. The maximum absolute atomic E-state index is 13.4. The van der Waals surface area contributed by atoms with Crippen LogP contribution in [0.1, 0.15) is 66.7 Å². The van der Waals surface area contributed by atoms with Crippen molar-refractivity contribution >= 4 is 29.1 Å². The Morgan fingerprint density at radius 3 is 2.39 bits per heavy atom. The molecule has 1 fully saturated rings. The van der Waals surface area contributed by atoms with Crippen molar-refractivity contribution in [2.24, 2.45) is 0 Å². The second-order valence-electron chi connectivity index (χ2n) is 9.57. The Balaban J connectivity index is 1.89. The topological polar surface area (TPSA) is 106 Å². The van der Waals surface area contributed by atoms with Crippen molar-refractivity contribution in [3.63, 3.8) is 0 Å². The molecule has 0 aliphatic carbocycles. The molecular formula is C30H30N2O6. The van der Waals surface area contributed by atoms with E-state index in [1.807, 2.05) is 13.8 Å². The Labute approximate surface area is 221 Å². The molecule has 196 valence electrons. The van der Waals surface area contributed by atoms with Crippen LogP contribution in [0.15, 0.2) is 72.6 Å². The van der Waals surface area contributed by atoms with Crippen molar-refractivity contribution in [2.75, 3.05) is 12.0 Å². The number of ether oxygens (including phenoxy) is 2. The number of benzene rings is 2. The van der Waals surface area contributed by atoms with Gasteiger partial charge in [-0.25, -0.2) is 4.79 Å². The second kappa shape index (κ2) is 10.9. The normalized spacial score (nSPS) is 16.8. The van der Waals surface area contributed by atoms with E-state index in [0.29, 0.717) is 22.6 Å². The Morgan fingerprint density at radius 2 is 1.76 bits per heavy atom. The van der Waals surface area contributed by atoms with Gasteiger partial charge in [0.15, 0.2) is 0 Å². The van der Waals surface area contributed by atoms with Crippen LogP contribution in [-0.2, 0) is 14.3 Å². The van der Waals surface area contributed by atoms with Gasteiger partial charge >= 0.3 is 5.97 Å². The number of aliphatic hydroxyl groups is 1. The Kier molecular flexibility index (Phi) is 7.62. The molecule has 1 atom stereocenters. The third-order valence-corrected chi connectivity index (χ3v) is 6.27. The van der Waals surface area contributed by atoms with Crippen molar-refractivity contribution in [1.82, 2.24) is 4.98 Å². The molecule has 1 aliphatic heterocycles. The van der Waals surface area contributed by atoms with Crippen LogP contribution >= 0.6 is 0 Å². The number of nitrogens with zero attached hydrogens (tertiary/aromatic N) is 2.